The van der Waals surface area contributed by atoms with Gasteiger partial charge >= 0.3 is 11.9 Å². The lowest BCUT2D eigenvalue weighted by atomic mass is 10.1. The number of benzene rings is 2. The Morgan fingerprint density at radius 2 is 1.73 bits per heavy atom. The van der Waals surface area contributed by atoms with E-state index in [1.54, 1.807) is 32.0 Å². The van der Waals surface area contributed by atoms with Gasteiger partial charge in [0.05, 0.1) is 42.1 Å². The highest BCUT2D eigenvalue weighted by atomic mass is 32.2. The van der Waals surface area contributed by atoms with E-state index in [0.717, 1.165) is 18.4 Å². The van der Waals surface area contributed by atoms with E-state index in [9.17, 15) is 26.4 Å². The lowest BCUT2D eigenvalue weighted by molar-refractivity contribution is -0.137. The monoisotopic (exact) mass is 486 g/mol. The van der Waals surface area contributed by atoms with Gasteiger partial charge in [0.15, 0.2) is 11.5 Å². The van der Waals surface area contributed by atoms with Crippen LogP contribution in [0.2, 0.25) is 0 Å². The Morgan fingerprint density at radius 1 is 1.03 bits per heavy atom. The summed E-state index contributed by atoms with van der Waals surface area (Å²) in [5.41, 5.74) is -0.764. The topological polar surface area (TPSA) is 79.5 Å². The molecule has 0 aliphatic rings. The maximum atomic E-state index is 13.3. The fourth-order valence-electron chi connectivity index (χ4n) is 3.84. The van der Waals surface area contributed by atoms with E-state index in [0.29, 0.717) is 23.7 Å². The van der Waals surface area contributed by atoms with Crippen LogP contribution in [0.3, 0.4) is 0 Å². The van der Waals surface area contributed by atoms with Crippen LogP contribution in [0.4, 0.5) is 13.2 Å². The molecule has 0 saturated carbocycles. The number of sulfone groups is 1. The van der Waals surface area contributed by atoms with E-state index in [-0.39, 0.29) is 17.6 Å². The standard InChI is InChI=1S/C22H25F3N2O5S/c1-5-26-17-12-15(22(23,24)25)8-9-16(17)27(21(26)28)18(13-33(4,29)30)14-7-10-19(31-3)20(11-14)32-6-2/h7-12,18H,5-6,13H2,1-4H3/t18-/m1/s1. The van der Waals surface area contributed by atoms with Crippen molar-refractivity contribution in [3.05, 3.63) is 58.0 Å². The van der Waals surface area contributed by atoms with Gasteiger partial charge in [-0.3, -0.25) is 9.13 Å². The highest BCUT2D eigenvalue weighted by molar-refractivity contribution is 7.90. The molecular weight excluding hydrogens is 461 g/mol. The van der Waals surface area contributed by atoms with Crippen LogP contribution in [0.15, 0.2) is 41.2 Å². The fourth-order valence-corrected chi connectivity index (χ4v) is 4.75. The number of hydrogen-bond donors (Lipinski definition) is 0. The van der Waals surface area contributed by atoms with Crippen molar-refractivity contribution in [2.45, 2.75) is 32.6 Å². The van der Waals surface area contributed by atoms with Gasteiger partial charge in [-0.2, -0.15) is 13.2 Å². The van der Waals surface area contributed by atoms with E-state index in [2.05, 4.69) is 0 Å². The molecule has 1 heterocycles. The van der Waals surface area contributed by atoms with Crippen LogP contribution in [0.25, 0.3) is 11.0 Å². The zero-order chi connectivity index (χ0) is 24.6. The van der Waals surface area contributed by atoms with E-state index in [1.165, 1.54) is 22.3 Å². The molecular formula is C22H25F3N2O5S. The van der Waals surface area contributed by atoms with Gasteiger partial charge in [0.1, 0.15) is 9.84 Å². The molecule has 3 aromatic rings. The molecule has 0 fully saturated rings. The molecule has 0 unspecified atom stereocenters. The van der Waals surface area contributed by atoms with Crippen LogP contribution in [0.5, 0.6) is 11.5 Å². The molecule has 180 valence electrons. The lowest BCUT2D eigenvalue weighted by Gasteiger charge is -2.20. The largest absolute Gasteiger partial charge is 0.493 e. The van der Waals surface area contributed by atoms with Crippen molar-refractivity contribution in [1.82, 2.24) is 9.13 Å². The molecule has 3 rings (SSSR count). The van der Waals surface area contributed by atoms with E-state index in [1.807, 2.05) is 0 Å². The maximum Gasteiger partial charge on any atom is 0.416 e. The molecule has 7 nitrogen and oxygen atoms in total. The average Bonchev–Trinajstić information content (AvgIpc) is 3.01. The molecule has 0 amide bonds. The molecule has 0 aliphatic carbocycles. The number of hydrogen-bond acceptors (Lipinski definition) is 5. The molecule has 2 aromatic carbocycles. The van der Waals surface area contributed by atoms with Gasteiger partial charge in [0, 0.05) is 12.8 Å². The van der Waals surface area contributed by atoms with Crippen LogP contribution < -0.4 is 15.2 Å². The first kappa shape index (κ1) is 24.7. The Balaban J connectivity index is 2.32. The van der Waals surface area contributed by atoms with Crippen LogP contribution in [-0.4, -0.2) is 43.3 Å². The molecule has 1 atom stereocenters. The molecule has 0 aliphatic heterocycles. The second kappa shape index (κ2) is 9.12. The zero-order valence-electron chi connectivity index (χ0n) is 18.6. The number of rotatable bonds is 8. The van der Waals surface area contributed by atoms with Gasteiger partial charge in [0.2, 0.25) is 0 Å². The maximum absolute atomic E-state index is 13.3. The Morgan fingerprint density at radius 3 is 2.27 bits per heavy atom. The smallest absolute Gasteiger partial charge is 0.416 e. The highest BCUT2D eigenvalue weighted by Crippen LogP contribution is 2.35. The van der Waals surface area contributed by atoms with Gasteiger partial charge in [-0.1, -0.05) is 6.07 Å². The quantitative estimate of drug-likeness (QED) is 0.483. The van der Waals surface area contributed by atoms with Gasteiger partial charge in [-0.05, 0) is 49.7 Å². The van der Waals surface area contributed by atoms with Crippen molar-refractivity contribution in [2.75, 3.05) is 25.7 Å². The minimum atomic E-state index is -4.58. The van der Waals surface area contributed by atoms with Gasteiger partial charge in [-0.25, -0.2) is 13.2 Å². The number of aryl methyl sites for hydroxylation is 1. The summed E-state index contributed by atoms with van der Waals surface area (Å²) in [5, 5.41) is 0. The van der Waals surface area contributed by atoms with Crippen LogP contribution in [0.1, 0.15) is 31.0 Å². The third kappa shape index (κ3) is 5.02. The number of halogens is 3. The van der Waals surface area contributed by atoms with E-state index >= 15 is 0 Å². The van der Waals surface area contributed by atoms with Crippen molar-refractivity contribution in [1.29, 1.82) is 0 Å². The van der Waals surface area contributed by atoms with Crippen LogP contribution in [-0.2, 0) is 22.6 Å². The number of alkyl halides is 3. The second-order valence-corrected chi connectivity index (χ2v) is 9.73. The molecule has 1 aromatic heterocycles. The van der Waals surface area contributed by atoms with Gasteiger partial charge < -0.3 is 9.47 Å². The minimum Gasteiger partial charge on any atom is -0.493 e. The van der Waals surface area contributed by atoms with E-state index < -0.39 is 39.1 Å². The third-order valence-electron chi connectivity index (χ3n) is 5.25. The highest BCUT2D eigenvalue weighted by Gasteiger charge is 2.32. The lowest BCUT2D eigenvalue weighted by Crippen LogP contribution is -2.31. The van der Waals surface area contributed by atoms with Crippen molar-refractivity contribution in [2.24, 2.45) is 0 Å². The number of nitrogens with zero attached hydrogens (tertiary/aromatic N) is 2. The Labute approximate surface area is 189 Å². The van der Waals surface area contributed by atoms with Crippen LogP contribution >= 0.6 is 0 Å². The summed E-state index contributed by atoms with van der Waals surface area (Å²) in [6.45, 7) is 3.85. The fraction of sp³-hybridized carbons (Fsp3) is 0.409. The third-order valence-corrected chi connectivity index (χ3v) is 6.17. The second-order valence-electron chi connectivity index (χ2n) is 7.55. The zero-order valence-corrected chi connectivity index (χ0v) is 19.5. The summed E-state index contributed by atoms with van der Waals surface area (Å²) >= 11 is 0. The Kier molecular flexibility index (Phi) is 6.83. The summed E-state index contributed by atoms with van der Waals surface area (Å²) in [5.74, 6) is 0.355. The van der Waals surface area contributed by atoms with Crippen LogP contribution in [0, 0.1) is 0 Å². The molecule has 33 heavy (non-hydrogen) atoms. The summed E-state index contributed by atoms with van der Waals surface area (Å²) in [6, 6.07) is 6.80. The van der Waals surface area contributed by atoms with Crippen molar-refractivity contribution in [3.63, 3.8) is 0 Å². The summed E-state index contributed by atoms with van der Waals surface area (Å²) in [6.07, 6.45) is -3.54. The van der Waals surface area contributed by atoms with Gasteiger partial charge in [-0.15, -0.1) is 0 Å². The normalized spacial score (nSPS) is 13.3. The predicted octanol–water partition coefficient (Wildman–Crippen LogP) is 3.88. The number of imidazole rings is 1. The number of ether oxygens (including phenoxy) is 2. The summed E-state index contributed by atoms with van der Waals surface area (Å²) in [7, 11) is -2.13. The number of methoxy groups -OCH3 is 1. The molecule has 0 N–H and O–H groups in total. The average molecular weight is 487 g/mol. The molecule has 0 saturated heterocycles. The van der Waals surface area contributed by atoms with Gasteiger partial charge in [0.25, 0.3) is 0 Å². The van der Waals surface area contributed by atoms with Crippen molar-refractivity contribution in [3.8, 4) is 11.5 Å². The first-order valence-corrected chi connectivity index (χ1v) is 12.3. The SMILES string of the molecule is CCOc1cc([C@@H](CS(C)(=O)=O)n2c(=O)n(CC)c3cc(C(F)(F)F)ccc32)ccc1OC. The molecule has 0 bridgehead atoms. The molecule has 0 spiro atoms. The summed E-state index contributed by atoms with van der Waals surface area (Å²) in [4.78, 5) is 13.3. The van der Waals surface area contributed by atoms with E-state index in [4.69, 9.17) is 9.47 Å². The Bertz CT molecular complexity index is 1330. The Hall–Kier alpha value is -2.95. The first-order chi connectivity index (χ1) is 15.4. The molecule has 0 radical (unpaired) electrons. The molecule has 11 heteroatoms. The number of aromatic nitrogens is 2. The number of fused-ring (bicyclic) bond motifs is 1. The van der Waals surface area contributed by atoms with Crippen molar-refractivity contribution >= 4 is 20.9 Å². The predicted molar refractivity (Wildman–Crippen MR) is 119 cm³/mol. The first-order valence-electron chi connectivity index (χ1n) is 10.2. The van der Waals surface area contributed by atoms with Crippen molar-refractivity contribution < 1.29 is 31.1 Å². The minimum absolute atomic E-state index is 0.0781. The summed E-state index contributed by atoms with van der Waals surface area (Å²) < 4.78 is 77.8.